The summed E-state index contributed by atoms with van der Waals surface area (Å²) < 4.78 is 17.1. The zero-order chi connectivity index (χ0) is 29.0. The number of thioether (sulfide) groups is 1. The number of rotatable bonds is 12. The second kappa shape index (κ2) is 12.0. The molecule has 1 fully saturated rings. The highest BCUT2D eigenvalue weighted by Crippen LogP contribution is 2.41. The number of benzene rings is 3. The third-order valence-electron chi connectivity index (χ3n) is 7.61. The van der Waals surface area contributed by atoms with Crippen LogP contribution in [0.3, 0.4) is 0 Å². The van der Waals surface area contributed by atoms with Gasteiger partial charge in [-0.25, -0.2) is 0 Å². The summed E-state index contributed by atoms with van der Waals surface area (Å²) in [5.74, 6) is 1.23. The van der Waals surface area contributed by atoms with Crippen LogP contribution in [0.1, 0.15) is 62.9 Å². The molecular formula is C33H36N2O5S. The van der Waals surface area contributed by atoms with Gasteiger partial charge >= 0.3 is 0 Å². The lowest BCUT2D eigenvalue weighted by atomic mass is 9.80. The molecule has 0 bridgehead atoms. The van der Waals surface area contributed by atoms with Gasteiger partial charge in [0.25, 0.3) is 5.24 Å². The minimum Gasteiger partial charge on any atom is -0.493 e. The minimum absolute atomic E-state index is 0.0768. The molecule has 0 spiro atoms. The molecule has 0 saturated carbocycles. The molecule has 2 heterocycles. The van der Waals surface area contributed by atoms with Crippen LogP contribution >= 0.6 is 11.8 Å². The van der Waals surface area contributed by atoms with Gasteiger partial charge in [-0.1, -0.05) is 74.8 Å². The Morgan fingerprint density at radius 1 is 0.976 bits per heavy atom. The van der Waals surface area contributed by atoms with E-state index in [1.807, 2.05) is 36.4 Å². The Hall–Kier alpha value is -3.78. The number of fused-ring (bicyclic) bond motifs is 1. The second-order valence-electron chi connectivity index (χ2n) is 11.2. The van der Waals surface area contributed by atoms with E-state index in [1.165, 1.54) is 5.56 Å². The summed E-state index contributed by atoms with van der Waals surface area (Å²) in [7, 11) is 0. The molecule has 0 radical (unpaired) electrons. The molecule has 1 aliphatic rings. The Morgan fingerprint density at radius 2 is 1.71 bits per heavy atom. The van der Waals surface area contributed by atoms with E-state index in [1.54, 1.807) is 6.92 Å². The Labute approximate surface area is 245 Å². The maximum absolute atomic E-state index is 12.2. The highest BCUT2D eigenvalue weighted by Gasteiger charge is 2.45. The molecule has 5 rings (SSSR count). The molecule has 41 heavy (non-hydrogen) atoms. The van der Waals surface area contributed by atoms with Crippen LogP contribution in [0.25, 0.3) is 11.0 Å². The summed E-state index contributed by atoms with van der Waals surface area (Å²) >= 11 is 0.997. The van der Waals surface area contributed by atoms with Gasteiger partial charge in [-0.2, -0.15) is 0 Å². The van der Waals surface area contributed by atoms with Crippen LogP contribution in [0.15, 0.2) is 71.3 Å². The van der Waals surface area contributed by atoms with E-state index in [0.29, 0.717) is 25.4 Å². The summed E-state index contributed by atoms with van der Waals surface area (Å²) in [5, 5.41) is 7.56. The van der Waals surface area contributed by atoms with Crippen molar-refractivity contribution in [3.63, 3.8) is 0 Å². The van der Waals surface area contributed by atoms with Crippen LogP contribution < -0.4 is 14.8 Å². The lowest BCUT2D eigenvalue weighted by molar-refractivity contribution is -0.121. The van der Waals surface area contributed by atoms with Crippen molar-refractivity contribution in [3.05, 3.63) is 89.1 Å². The molecule has 7 nitrogen and oxygen atoms in total. The van der Waals surface area contributed by atoms with Gasteiger partial charge in [0.15, 0.2) is 5.58 Å². The normalized spacial score (nSPS) is 17.2. The Balaban J connectivity index is 1.19. The zero-order valence-electron chi connectivity index (χ0n) is 24.0. The van der Waals surface area contributed by atoms with Gasteiger partial charge in [-0.3, -0.25) is 14.9 Å². The van der Waals surface area contributed by atoms with Crippen LogP contribution in [0, 0.1) is 0 Å². The molecule has 214 valence electrons. The van der Waals surface area contributed by atoms with Gasteiger partial charge in [-0.05, 0) is 65.9 Å². The monoisotopic (exact) mass is 572 g/mol. The molecule has 8 heteroatoms. The quantitative estimate of drug-likeness (QED) is 0.178. The molecule has 2 amide bonds. The zero-order valence-corrected chi connectivity index (χ0v) is 24.8. The molecule has 3 aromatic carbocycles. The summed E-state index contributed by atoms with van der Waals surface area (Å²) in [5.41, 5.74) is 4.79. The number of nitrogens with zero attached hydrogens (tertiary/aromatic N) is 1. The van der Waals surface area contributed by atoms with Gasteiger partial charge < -0.3 is 14.0 Å². The van der Waals surface area contributed by atoms with E-state index in [2.05, 4.69) is 61.6 Å². The first kappa shape index (κ1) is 28.7. The number of carbonyl (C=O) groups is 2. The van der Waals surface area contributed by atoms with Crippen molar-refractivity contribution in [1.29, 1.82) is 0 Å². The number of ether oxygens (including phenoxy) is 2. The van der Waals surface area contributed by atoms with Crippen LogP contribution in [0.5, 0.6) is 11.5 Å². The highest BCUT2D eigenvalue weighted by atomic mass is 32.2. The van der Waals surface area contributed by atoms with Crippen molar-refractivity contribution in [3.8, 4) is 11.5 Å². The van der Waals surface area contributed by atoms with E-state index in [-0.39, 0.29) is 16.6 Å². The third-order valence-corrected chi connectivity index (χ3v) is 8.72. The standard InChI is InChI=1S/C33H36N2O5S/c1-5-10-26-28(18-17-25-27(35-40-29(25)26)21-32(2,3)22-11-7-6-8-12-22)39-20-9-19-38-24-15-13-23(14-16-24)33(4)30(36)34-31(37)41-33/h6-8,11-18H,5,9-10,19-21H2,1-4H3,(H,34,36,37). The first-order valence-electron chi connectivity index (χ1n) is 14.1. The van der Waals surface area contributed by atoms with Gasteiger partial charge in [0, 0.05) is 23.8 Å². The fraction of sp³-hybridized carbons (Fsp3) is 0.364. The van der Waals surface area contributed by atoms with Gasteiger partial charge in [0.2, 0.25) is 5.91 Å². The summed E-state index contributed by atoms with van der Waals surface area (Å²) in [4.78, 5) is 23.8. The molecule has 0 aliphatic carbocycles. The van der Waals surface area contributed by atoms with E-state index in [9.17, 15) is 9.59 Å². The number of hydrogen-bond donors (Lipinski definition) is 1. The first-order valence-corrected chi connectivity index (χ1v) is 14.9. The molecule has 1 saturated heterocycles. The molecule has 1 aliphatic heterocycles. The van der Waals surface area contributed by atoms with E-state index in [4.69, 9.17) is 14.0 Å². The number of imide groups is 1. The van der Waals surface area contributed by atoms with Crippen LogP contribution in [-0.4, -0.2) is 29.5 Å². The molecular weight excluding hydrogens is 536 g/mol. The average molecular weight is 573 g/mol. The van der Waals surface area contributed by atoms with Crippen LogP contribution in [0.4, 0.5) is 4.79 Å². The summed E-state index contributed by atoms with van der Waals surface area (Å²) in [6, 6.07) is 21.9. The van der Waals surface area contributed by atoms with Crippen molar-refractivity contribution in [1.82, 2.24) is 10.5 Å². The largest absolute Gasteiger partial charge is 0.493 e. The highest BCUT2D eigenvalue weighted by molar-refractivity contribution is 8.15. The van der Waals surface area contributed by atoms with Gasteiger partial charge in [0.1, 0.15) is 16.2 Å². The van der Waals surface area contributed by atoms with Crippen molar-refractivity contribution >= 4 is 33.9 Å². The maximum atomic E-state index is 12.2. The predicted molar refractivity (Wildman–Crippen MR) is 162 cm³/mol. The smallest absolute Gasteiger partial charge is 0.287 e. The Kier molecular flexibility index (Phi) is 8.40. The Bertz CT molecular complexity index is 1530. The minimum atomic E-state index is -0.914. The lowest BCUT2D eigenvalue weighted by Gasteiger charge is -2.24. The second-order valence-corrected chi connectivity index (χ2v) is 12.6. The molecule has 1 N–H and O–H groups in total. The van der Waals surface area contributed by atoms with Crippen LogP contribution in [-0.2, 0) is 27.8 Å². The van der Waals surface area contributed by atoms with Crippen molar-refractivity contribution in [2.45, 2.75) is 63.5 Å². The van der Waals surface area contributed by atoms with Gasteiger partial charge in [-0.15, -0.1) is 0 Å². The number of amides is 2. The fourth-order valence-corrected chi connectivity index (χ4v) is 6.12. The molecule has 4 aromatic rings. The topological polar surface area (TPSA) is 90.7 Å². The Morgan fingerprint density at radius 3 is 2.39 bits per heavy atom. The predicted octanol–water partition coefficient (Wildman–Crippen LogP) is 7.35. The molecule has 1 atom stereocenters. The van der Waals surface area contributed by atoms with E-state index in [0.717, 1.165) is 64.6 Å². The van der Waals surface area contributed by atoms with Crippen LogP contribution in [0.2, 0.25) is 0 Å². The summed E-state index contributed by atoms with van der Waals surface area (Å²) in [6.45, 7) is 9.35. The van der Waals surface area contributed by atoms with Gasteiger partial charge in [0.05, 0.1) is 18.9 Å². The van der Waals surface area contributed by atoms with Crippen molar-refractivity contribution in [2.75, 3.05) is 13.2 Å². The van der Waals surface area contributed by atoms with Crippen molar-refractivity contribution < 1.29 is 23.6 Å². The molecule has 1 unspecified atom stereocenters. The summed E-state index contributed by atoms with van der Waals surface area (Å²) in [6.07, 6.45) is 3.28. The third kappa shape index (κ3) is 6.12. The van der Waals surface area contributed by atoms with E-state index < -0.39 is 4.75 Å². The number of carbonyl (C=O) groups excluding carboxylic acids is 2. The average Bonchev–Trinajstić information content (AvgIpc) is 3.48. The maximum Gasteiger partial charge on any atom is 0.287 e. The number of nitrogens with one attached hydrogen (secondary N) is 1. The lowest BCUT2D eigenvalue weighted by Crippen LogP contribution is -2.31. The van der Waals surface area contributed by atoms with E-state index >= 15 is 0 Å². The first-order chi connectivity index (χ1) is 19.7. The number of hydrogen-bond acceptors (Lipinski definition) is 7. The fourth-order valence-electron chi connectivity index (χ4n) is 5.21. The van der Waals surface area contributed by atoms with Crippen molar-refractivity contribution in [2.24, 2.45) is 0 Å². The molecule has 1 aromatic heterocycles. The SMILES string of the molecule is CCCc1c(OCCCOc2ccc(C3(C)SC(=O)NC3=O)cc2)ccc2c(CC(C)(C)c3ccccc3)noc12. The number of aryl methyl sites for hydroxylation is 1. The number of aromatic nitrogens is 1.